The Labute approximate surface area is 240 Å². The van der Waals surface area contributed by atoms with Crippen molar-refractivity contribution in [3.05, 3.63) is 94.5 Å². The van der Waals surface area contributed by atoms with E-state index in [2.05, 4.69) is 5.32 Å². The number of hydrogen-bond acceptors (Lipinski definition) is 4. The number of nitrogens with one attached hydrogen (secondary N) is 1. The number of hydrogen-bond donors (Lipinski definition) is 1. The molecule has 3 aromatic rings. The van der Waals surface area contributed by atoms with Crippen LogP contribution in [-0.4, -0.2) is 50.8 Å². The summed E-state index contributed by atoms with van der Waals surface area (Å²) in [6.45, 7) is 5.72. The number of anilines is 1. The highest BCUT2D eigenvalue weighted by molar-refractivity contribution is 7.92. The third-order valence-corrected chi connectivity index (χ3v) is 8.31. The van der Waals surface area contributed by atoms with Gasteiger partial charge in [-0.2, -0.15) is 0 Å². The molecule has 3 aromatic carbocycles. The lowest BCUT2D eigenvalue weighted by molar-refractivity contribution is -0.138. The highest BCUT2D eigenvalue weighted by atomic mass is 35.5. The van der Waals surface area contributed by atoms with Gasteiger partial charge in [0.1, 0.15) is 12.6 Å². The van der Waals surface area contributed by atoms with Crippen molar-refractivity contribution in [1.82, 2.24) is 10.2 Å². The summed E-state index contributed by atoms with van der Waals surface area (Å²) >= 11 is 12.4. The summed E-state index contributed by atoms with van der Waals surface area (Å²) in [6.07, 6.45) is 0.489. The highest BCUT2D eigenvalue weighted by Gasteiger charge is 2.32. The van der Waals surface area contributed by atoms with E-state index in [1.54, 1.807) is 25.1 Å². The van der Waals surface area contributed by atoms with Crippen molar-refractivity contribution in [3.63, 3.8) is 0 Å². The van der Waals surface area contributed by atoms with Crippen LogP contribution in [0.1, 0.15) is 26.3 Å². The van der Waals surface area contributed by atoms with Crippen LogP contribution in [0.15, 0.2) is 83.8 Å². The Morgan fingerprint density at radius 1 is 0.872 bits per heavy atom. The van der Waals surface area contributed by atoms with E-state index in [-0.39, 0.29) is 39.0 Å². The molecule has 0 aliphatic heterocycles. The van der Waals surface area contributed by atoms with Gasteiger partial charge in [0.05, 0.1) is 10.6 Å². The average Bonchev–Trinajstić information content (AvgIpc) is 2.90. The molecule has 0 unspecified atom stereocenters. The van der Waals surface area contributed by atoms with Crippen LogP contribution in [0.3, 0.4) is 0 Å². The van der Waals surface area contributed by atoms with Gasteiger partial charge < -0.3 is 10.2 Å². The van der Waals surface area contributed by atoms with Gasteiger partial charge in [-0.25, -0.2) is 8.42 Å². The SMILES string of the molecule is CC(C)CNC(=O)[C@@H](C)N(CCc1ccccc1)C(=O)CN(c1cc(Cl)cc(Cl)c1)S(=O)(=O)c1ccccc1. The third kappa shape index (κ3) is 8.46. The van der Waals surface area contributed by atoms with E-state index in [0.29, 0.717) is 13.0 Å². The first-order chi connectivity index (χ1) is 18.5. The second-order valence-electron chi connectivity index (χ2n) is 9.59. The molecule has 0 spiro atoms. The molecule has 0 radical (unpaired) electrons. The lowest BCUT2D eigenvalue weighted by atomic mass is 10.1. The fraction of sp³-hybridized carbons (Fsp3) is 0.310. The van der Waals surface area contributed by atoms with Crippen molar-refractivity contribution < 1.29 is 18.0 Å². The van der Waals surface area contributed by atoms with Crippen LogP contribution in [0.2, 0.25) is 10.0 Å². The summed E-state index contributed by atoms with van der Waals surface area (Å²) in [5.41, 5.74) is 1.13. The lowest BCUT2D eigenvalue weighted by Crippen LogP contribution is -2.52. The largest absolute Gasteiger partial charge is 0.354 e. The van der Waals surface area contributed by atoms with Crippen molar-refractivity contribution in [2.24, 2.45) is 5.92 Å². The molecule has 208 valence electrons. The first kappa shape index (κ1) is 30.5. The fourth-order valence-corrected chi connectivity index (χ4v) is 5.89. The average molecular weight is 591 g/mol. The predicted molar refractivity (Wildman–Crippen MR) is 157 cm³/mol. The van der Waals surface area contributed by atoms with Gasteiger partial charge in [0.25, 0.3) is 10.0 Å². The minimum absolute atomic E-state index is 0.00691. The van der Waals surface area contributed by atoms with E-state index in [9.17, 15) is 18.0 Å². The minimum atomic E-state index is -4.18. The molecule has 0 bridgehead atoms. The van der Waals surface area contributed by atoms with Crippen molar-refractivity contribution in [2.45, 2.75) is 38.1 Å². The second-order valence-corrected chi connectivity index (χ2v) is 12.3. The molecule has 0 aliphatic carbocycles. The Morgan fingerprint density at radius 3 is 2.00 bits per heavy atom. The Balaban J connectivity index is 1.98. The lowest BCUT2D eigenvalue weighted by Gasteiger charge is -2.32. The fourth-order valence-electron chi connectivity index (χ4n) is 3.95. The molecule has 7 nitrogen and oxygen atoms in total. The molecule has 2 amide bonds. The number of rotatable bonds is 12. The van der Waals surface area contributed by atoms with E-state index in [4.69, 9.17) is 23.2 Å². The zero-order valence-corrected chi connectivity index (χ0v) is 24.5. The van der Waals surface area contributed by atoms with Crippen LogP contribution in [0.25, 0.3) is 0 Å². The van der Waals surface area contributed by atoms with E-state index < -0.39 is 28.5 Å². The van der Waals surface area contributed by atoms with Crippen LogP contribution in [-0.2, 0) is 26.0 Å². The molecule has 10 heteroatoms. The maximum absolute atomic E-state index is 13.9. The summed E-state index contributed by atoms with van der Waals surface area (Å²) < 4.78 is 28.5. The van der Waals surface area contributed by atoms with Gasteiger partial charge in [0.15, 0.2) is 0 Å². The van der Waals surface area contributed by atoms with Crippen molar-refractivity contribution >= 4 is 50.7 Å². The van der Waals surface area contributed by atoms with E-state index in [1.165, 1.54) is 35.2 Å². The Bertz CT molecular complexity index is 1350. The highest BCUT2D eigenvalue weighted by Crippen LogP contribution is 2.30. The van der Waals surface area contributed by atoms with Crippen LogP contribution >= 0.6 is 23.2 Å². The zero-order chi connectivity index (χ0) is 28.6. The number of carbonyl (C=O) groups excluding carboxylic acids is 2. The Hall–Kier alpha value is -3.07. The topological polar surface area (TPSA) is 86.8 Å². The van der Waals surface area contributed by atoms with E-state index in [0.717, 1.165) is 9.87 Å². The number of benzene rings is 3. The summed E-state index contributed by atoms with van der Waals surface area (Å²) in [4.78, 5) is 28.3. The number of carbonyl (C=O) groups is 2. The molecule has 1 atom stereocenters. The van der Waals surface area contributed by atoms with E-state index >= 15 is 0 Å². The minimum Gasteiger partial charge on any atom is -0.354 e. The third-order valence-electron chi connectivity index (χ3n) is 6.08. The van der Waals surface area contributed by atoms with Crippen LogP contribution in [0.5, 0.6) is 0 Å². The first-order valence-corrected chi connectivity index (χ1v) is 14.8. The van der Waals surface area contributed by atoms with Crippen molar-refractivity contribution in [2.75, 3.05) is 23.9 Å². The van der Waals surface area contributed by atoms with Crippen LogP contribution in [0.4, 0.5) is 5.69 Å². The summed E-state index contributed by atoms with van der Waals surface area (Å²) in [7, 11) is -4.18. The van der Waals surface area contributed by atoms with E-state index in [1.807, 2.05) is 44.2 Å². The van der Waals surface area contributed by atoms with Crippen LogP contribution < -0.4 is 9.62 Å². The molecule has 0 heterocycles. The van der Waals surface area contributed by atoms with Crippen molar-refractivity contribution in [3.8, 4) is 0 Å². The number of halogens is 2. The molecule has 0 saturated carbocycles. The smallest absolute Gasteiger partial charge is 0.264 e. The molecule has 3 rings (SSSR count). The normalized spacial score (nSPS) is 12.2. The maximum atomic E-state index is 13.9. The molecule has 0 aliphatic rings. The molecule has 0 aromatic heterocycles. The molecule has 0 fully saturated rings. The second kappa shape index (κ2) is 13.8. The Morgan fingerprint density at radius 2 is 1.44 bits per heavy atom. The van der Waals surface area contributed by atoms with Gasteiger partial charge in [-0.3, -0.25) is 13.9 Å². The summed E-state index contributed by atoms with van der Waals surface area (Å²) in [5.74, 6) is -0.615. The van der Waals surface area contributed by atoms with Gasteiger partial charge in [-0.05, 0) is 55.2 Å². The number of amides is 2. The monoisotopic (exact) mass is 589 g/mol. The number of sulfonamides is 1. The number of nitrogens with zero attached hydrogens (tertiary/aromatic N) is 2. The predicted octanol–water partition coefficient (Wildman–Crippen LogP) is 5.42. The quantitative estimate of drug-likeness (QED) is 0.305. The Kier molecular flexibility index (Phi) is 10.8. The molecular formula is C29H33Cl2N3O4S. The summed E-state index contributed by atoms with van der Waals surface area (Å²) in [5, 5.41) is 3.32. The van der Waals surface area contributed by atoms with Crippen molar-refractivity contribution in [1.29, 1.82) is 0 Å². The standard InChI is InChI=1S/C29H33Cl2N3O4S/c1-21(2)19-32-29(36)22(3)33(15-14-23-10-6-4-7-11-23)28(35)20-34(26-17-24(30)16-25(31)18-26)39(37,38)27-12-8-5-9-13-27/h4-13,16-18,21-22H,14-15,19-20H2,1-3H3,(H,32,36)/t22-/m1/s1. The first-order valence-electron chi connectivity index (χ1n) is 12.6. The van der Waals surface area contributed by atoms with Gasteiger partial charge in [-0.1, -0.05) is 85.6 Å². The van der Waals surface area contributed by atoms with Gasteiger partial charge in [-0.15, -0.1) is 0 Å². The molecule has 1 N–H and O–H groups in total. The van der Waals surface area contributed by atoms with Gasteiger partial charge >= 0.3 is 0 Å². The van der Waals surface area contributed by atoms with Gasteiger partial charge in [0, 0.05) is 23.1 Å². The zero-order valence-electron chi connectivity index (χ0n) is 22.2. The molecule has 39 heavy (non-hydrogen) atoms. The molecular weight excluding hydrogens is 557 g/mol. The van der Waals surface area contributed by atoms with Gasteiger partial charge in [0.2, 0.25) is 11.8 Å². The maximum Gasteiger partial charge on any atom is 0.264 e. The summed E-state index contributed by atoms with van der Waals surface area (Å²) in [6, 6.07) is 20.9. The van der Waals surface area contributed by atoms with Crippen LogP contribution in [0, 0.1) is 5.92 Å². The molecule has 0 saturated heterocycles.